The Hall–Kier alpha value is -1.47. The Morgan fingerprint density at radius 1 is 1.42 bits per heavy atom. The van der Waals surface area contributed by atoms with Crippen molar-refractivity contribution >= 4 is 28.3 Å². The van der Waals surface area contributed by atoms with Gasteiger partial charge in [0.05, 0.1) is 11.8 Å². The Labute approximate surface area is 147 Å². The van der Waals surface area contributed by atoms with Gasteiger partial charge in [-0.25, -0.2) is 4.98 Å². The van der Waals surface area contributed by atoms with Crippen molar-refractivity contribution in [2.24, 2.45) is 5.92 Å². The molecule has 1 aromatic rings. The zero-order chi connectivity index (χ0) is 17.7. The zero-order valence-corrected chi connectivity index (χ0v) is 15.7. The number of carbonyl (C=O) groups excluding carboxylic acids is 2. The number of anilines is 1. The Morgan fingerprint density at radius 3 is 2.71 bits per heavy atom. The third-order valence-electron chi connectivity index (χ3n) is 3.99. The fourth-order valence-electron chi connectivity index (χ4n) is 2.63. The number of carbonyl (C=O) groups is 2. The molecule has 2 amide bonds. The molecule has 1 aliphatic heterocycles. The number of aryl methyl sites for hydroxylation is 2. The smallest absolute Gasteiger partial charge is 0.245 e. The van der Waals surface area contributed by atoms with Crippen LogP contribution >= 0.6 is 11.3 Å². The molecule has 1 unspecified atom stereocenters. The third-order valence-corrected chi connectivity index (χ3v) is 4.98. The second-order valence-electron chi connectivity index (χ2n) is 6.72. The van der Waals surface area contributed by atoms with E-state index in [0.717, 1.165) is 30.0 Å². The number of nitrogens with one attached hydrogen (secondary N) is 1. The lowest BCUT2D eigenvalue weighted by Gasteiger charge is -2.25. The van der Waals surface area contributed by atoms with Crippen molar-refractivity contribution in [3.63, 3.8) is 0 Å². The maximum absolute atomic E-state index is 12.5. The van der Waals surface area contributed by atoms with Crippen molar-refractivity contribution in [3.8, 4) is 0 Å². The summed E-state index contributed by atoms with van der Waals surface area (Å²) in [6, 6.07) is 0. The molecule has 1 saturated heterocycles. The standard InChI is InChI=1S/C17H27N3O3S/c1-11(2)8-16(22)20(9-14-6-5-7-23-14)10-15(21)19-17-18-12(3)13(4)24-17/h11,14H,5-10H2,1-4H3,(H,18,19,21). The van der Waals surface area contributed by atoms with E-state index in [0.29, 0.717) is 18.1 Å². The van der Waals surface area contributed by atoms with Crippen LogP contribution in [0.1, 0.15) is 43.7 Å². The molecule has 24 heavy (non-hydrogen) atoms. The van der Waals surface area contributed by atoms with Crippen LogP contribution in [0, 0.1) is 19.8 Å². The highest BCUT2D eigenvalue weighted by Crippen LogP contribution is 2.21. The van der Waals surface area contributed by atoms with Crippen LogP contribution in [0.2, 0.25) is 0 Å². The Bertz CT molecular complexity index is 560. The van der Waals surface area contributed by atoms with Crippen molar-refractivity contribution in [2.75, 3.05) is 25.0 Å². The van der Waals surface area contributed by atoms with Gasteiger partial charge in [0.15, 0.2) is 5.13 Å². The number of thiazole rings is 1. The number of hydrogen-bond donors (Lipinski definition) is 1. The van der Waals surface area contributed by atoms with Crippen LogP contribution in [0.3, 0.4) is 0 Å². The van der Waals surface area contributed by atoms with Crippen molar-refractivity contribution in [1.29, 1.82) is 0 Å². The summed E-state index contributed by atoms with van der Waals surface area (Å²) in [5.74, 6) is 0.0535. The maximum atomic E-state index is 12.5. The molecule has 2 rings (SSSR count). The van der Waals surface area contributed by atoms with Crippen molar-refractivity contribution < 1.29 is 14.3 Å². The molecular formula is C17H27N3O3S. The minimum atomic E-state index is -0.209. The highest BCUT2D eigenvalue weighted by molar-refractivity contribution is 7.15. The van der Waals surface area contributed by atoms with Crippen LogP contribution in [-0.4, -0.2) is 47.5 Å². The Balaban J connectivity index is 1.96. The van der Waals surface area contributed by atoms with Gasteiger partial charge in [-0.15, -0.1) is 11.3 Å². The lowest BCUT2D eigenvalue weighted by atomic mass is 10.1. The Morgan fingerprint density at radius 2 is 2.17 bits per heavy atom. The quantitative estimate of drug-likeness (QED) is 0.818. The number of rotatable bonds is 7. The van der Waals surface area contributed by atoms with E-state index in [1.165, 1.54) is 11.3 Å². The summed E-state index contributed by atoms with van der Waals surface area (Å²) >= 11 is 1.45. The van der Waals surface area contributed by atoms with E-state index in [4.69, 9.17) is 4.74 Å². The average molecular weight is 353 g/mol. The number of aromatic nitrogens is 1. The first-order valence-electron chi connectivity index (χ1n) is 8.48. The predicted octanol–water partition coefficient (Wildman–Crippen LogP) is 2.75. The second-order valence-corrected chi connectivity index (χ2v) is 7.92. The summed E-state index contributed by atoms with van der Waals surface area (Å²) in [5.41, 5.74) is 0.919. The van der Waals surface area contributed by atoms with Gasteiger partial charge >= 0.3 is 0 Å². The Kier molecular flexibility index (Phi) is 6.74. The van der Waals surface area contributed by atoms with Crippen molar-refractivity contribution in [3.05, 3.63) is 10.6 Å². The molecule has 0 radical (unpaired) electrons. The van der Waals surface area contributed by atoms with Gasteiger partial charge in [-0.2, -0.15) is 0 Å². The molecule has 0 aromatic carbocycles. The van der Waals surface area contributed by atoms with Crippen LogP contribution in [0.5, 0.6) is 0 Å². The van der Waals surface area contributed by atoms with Gasteiger partial charge in [0, 0.05) is 24.4 Å². The highest BCUT2D eigenvalue weighted by atomic mass is 32.1. The van der Waals surface area contributed by atoms with E-state index < -0.39 is 0 Å². The molecule has 0 saturated carbocycles. The summed E-state index contributed by atoms with van der Waals surface area (Å²) in [7, 11) is 0. The minimum absolute atomic E-state index is 0.00199. The van der Waals surface area contributed by atoms with Crippen LogP contribution in [0.15, 0.2) is 0 Å². The molecule has 7 heteroatoms. The third kappa shape index (κ3) is 5.56. The average Bonchev–Trinajstić information content (AvgIpc) is 3.08. The molecule has 2 heterocycles. The molecule has 1 atom stereocenters. The molecule has 0 aliphatic carbocycles. The molecule has 1 N–H and O–H groups in total. The summed E-state index contributed by atoms with van der Waals surface area (Å²) < 4.78 is 5.62. The van der Waals surface area contributed by atoms with Gasteiger partial charge in [-0.3, -0.25) is 9.59 Å². The van der Waals surface area contributed by atoms with Gasteiger partial charge in [-0.05, 0) is 32.6 Å². The van der Waals surface area contributed by atoms with Crippen LogP contribution in [0.4, 0.5) is 5.13 Å². The zero-order valence-electron chi connectivity index (χ0n) is 14.9. The van der Waals surface area contributed by atoms with Crippen LogP contribution in [0.25, 0.3) is 0 Å². The monoisotopic (exact) mass is 353 g/mol. The first-order chi connectivity index (χ1) is 11.3. The molecule has 6 nitrogen and oxygen atoms in total. The first-order valence-corrected chi connectivity index (χ1v) is 9.30. The second kappa shape index (κ2) is 8.58. The normalized spacial score (nSPS) is 17.3. The lowest BCUT2D eigenvalue weighted by Crippen LogP contribution is -2.42. The molecule has 0 spiro atoms. The van der Waals surface area contributed by atoms with Gasteiger partial charge < -0.3 is 15.0 Å². The number of nitrogens with zero attached hydrogens (tertiary/aromatic N) is 2. The maximum Gasteiger partial charge on any atom is 0.245 e. The van der Waals surface area contributed by atoms with E-state index in [1.54, 1.807) is 4.90 Å². The summed E-state index contributed by atoms with van der Waals surface area (Å²) in [4.78, 5) is 31.8. The molecular weight excluding hydrogens is 326 g/mol. The highest BCUT2D eigenvalue weighted by Gasteiger charge is 2.25. The van der Waals surface area contributed by atoms with Crippen LogP contribution in [-0.2, 0) is 14.3 Å². The van der Waals surface area contributed by atoms with Crippen LogP contribution < -0.4 is 5.32 Å². The molecule has 1 aromatic heterocycles. The van der Waals surface area contributed by atoms with E-state index in [-0.39, 0.29) is 30.4 Å². The number of amides is 2. The lowest BCUT2D eigenvalue weighted by molar-refractivity contribution is -0.136. The van der Waals surface area contributed by atoms with Gasteiger partial charge in [0.2, 0.25) is 11.8 Å². The predicted molar refractivity (Wildman–Crippen MR) is 95.2 cm³/mol. The number of ether oxygens (including phenoxy) is 1. The largest absolute Gasteiger partial charge is 0.376 e. The van der Waals surface area contributed by atoms with E-state index >= 15 is 0 Å². The van der Waals surface area contributed by atoms with Gasteiger partial charge in [0.25, 0.3) is 0 Å². The van der Waals surface area contributed by atoms with Crippen molar-refractivity contribution in [1.82, 2.24) is 9.88 Å². The fraction of sp³-hybridized carbons (Fsp3) is 0.706. The number of hydrogen-bond acceptors (Lipinski definition) is 5. The minimum Gasteiger partial charge on any atom is -0.376 e. The van der Waals surface area contributed by atoms with E-state index in [2.05, 4.69) is 10.3 Å². The molecule has 134 valence electrons. The molecule has 1 aliphatic rings. The summed E-state index contributed by atoms with van der Waals surface area (Å²) in [6.07, 6.45) is 2.44. The SMILES string of the molecule is Cc1nc(NC(=O)CN(CC2CCCO2)C(=O)CC(C)C)sc1C. The van der Waals surface area contributed by atoms with E-state index in [9.17, 15) is 9.59 Å². The summed E-state index contributed by atoms with van der Waals surface area (Å²) in [6.45, 7) is 9.15. The van der Waals surface area contributed by atoms with Gasteiger partial charge in [-0.1, -0.05) is 13.8 Å². The van der Waals surface area contributed by atoms with Gasteiger partial charge in [0.1, 0.15) is 6.54 Å². The van der Waals surface area contributed by atoms with E-state index in [1.807, 2.05) is 27.7 Å². The van der Waals surface area contributed by atoms with Crippen molar-refractivity contribution in [2.45, 2.75) is 53.1 Å². The fourth-order valence-corrected chi connectivity index (χ4v) is 3.46. The molecule has 1 fully saturated rings. The first kappa shape index (κ1) is 18.9. The molecule has 0 bridgehead atoms. The topological polar surface area (TPSA) is 71.5 Å². The summed E-state index contributed by atoms with van der Waals surface area (Å²) in [5, 5.41) is 3.39.